The number of esters is 1. The van der Waals surface area contributed by atoms with E-state index >= 15 is 28.8 Å². The van der Waals surface area contributed by atoms with Crippen LogP contribution >= 0.6 is 0 Å². The van der Waals surface area contributed by atoms with Crippen molar-refractivity contribution in [3.8, 4) is 0 Å². The van der Waals surface area contributed by atoms with Crippen LogP contribution in [0.3, 0.4) is 0 Å². The second-order valence-electron chi connectivity index (χ2n) is 7.30. The van der Waals surface area contributed by atoms with Gasteiger partial charge in [-0.2, -0.15) is 0 Å². The molecule has 0 saturated carbocycles. The SMILES string of the molecule is C=C(C)C(=O)OCCC[Si]12O[Si]3(F)O[Si]4(F)O[Si]5(F)O[Si](F)(O3)O[Si](F)(O[Si](F)(O5)O[Si](F)(O4)O1)O2. The second kappa shape index (κ2) is 8.25. The van der Waals surface area contributed by atoms with Gasteiger partial charge in [0.2, 0.25) is 0 Å². The van der Waals surface area contributed by atoms with E-state index in [0.29, 0.717) is 0 Å². The lowest BCUT2D eigenvalue weighted by molar-refractivity contribution is -0.139. The van der Waals surface area contributed by atoms with Crippen molar-refractivity contribution in [1.29, 1.82) is 0 Å². The number of carbonyl (C=O) groups is 1. The van der Waals surface area contributed by atoms with Crippen molar-refractivity contribution < 1.29 is 87.7 Å². The summed E-state index contributed by atoms with van der Waals surface area (Å²) < 4.78 is 165. The van der Waals surface area contributed by atoms with Gasteiger partial charge in [0.15, 0.2) is 0 Å². The summed E-state index contributed by atoms with van der Waals surface area (Å²) in [6.45, 7) is 4.08. The molecule has 6 aliphatic rings. The molecule has 8 bridgehead atoms. The molecule has 0 aliphatic carbocycles. The number of ether oxygens (including phenoxy) is 1. The van der Waals surface area contributed by atoms with Crippen molar-refractivity contribution in [2.24, 2.45) is 0 Å². The zero-order chi connectivity index (χ0) is 26.5. The molecule has 204 valence electrons. The zero-order valence-corrected chi connectivity index (χ0v) is 25.2. The molecule has 0 spiro atoms. The van der Waals surface area contributed by atoms with Gasteiger partial charge in [0.25, 0.3) is 0 Å². The van der Waals surface area contributed by atoms with E-state index in [1.807, 2.05) is 0 Å². The Morgan fingerprint density at radius 1 is 0.611 bits per heavy atom. The number of halogens is 7. The van der Waals surface area contributed by atoms with Gasteiger partial charge in [-0.05, 0) is 13.3 Å². The van der Waals surface area contributed by atoms with Crippen LogP contribution in [0.25, 0.3) is 0 Å². The molecule has 0 aromatic rings. The molecule has 0 aromatic carbocycles. The summed E-state index contributed by atoms with van der Waals surface area (Å²) in [6.07, 6.45) is -0.483. The number of hydrogen-bond donors (Lipinski definition) is 0. The molecule has 6 saturated heterocycles. The standard InChI is InChI=1S/C7H11F7O14Si8/c1-6(2)7(15)16-4-3-5-29-17-30(8)20-33(11)22-31(9,18-29)24-35(13)25-32(10,19-29)23-34(12,21-30)27-36(14,26-33)28-35/h1,3-5H2,2H3. The summed E-state index contributed by atoms with van der Waals surface area (Å²) in [5.74, 6) is -0.889. The first-order chi connectivity index (χ1) is 16.3. The molecule has 0 N–H and O–H groups in total. The minimum absolute atomic E-state index is 0.0273. The van der Waals surface area contributed by atoms with Gasteiger partial charge >= 0.3 is 78.7 Å². The lowest BCUT2D eigenvalue weighted by Crippen LogP contribution is -2.85. The number of carbonyl (C=O) groups excluding carboxylic acids is 1. The van der Waals surface area contributed by atoms with E-state index in [4.69, 9.17) is 17.1 Å². The van der Waals surface area contributed by atoms with Crippen LogP contribution < -0.4 is 0 Å². The second-order valence-corrected chi connectivity index (χ2v) is 25.7. The van der Waals surface area contributed by atoms with Crippen LogP contribution in [0.5, 0.6) is 0 Å². The van der Waals surface area contributed by atoms with Crippen LogP contribution in [0.1, 0.15) is 13.3 Å². The number of hydrogen-bond acceptors (Lipinski definition) is 14. The molecule has 6 fully saturated rings. The Bertz CT molecular complexity index is 886. The maximum absolute atomic E-state index is 15.7. The Morgan fingerprint density at radius 3 is 1.17 bits per heavy atom. The minimum Gasteiger partial charge on any atom is -0.462 e. The van der Waals surface area contributed by atoms with E-state index < -0.39 is 97.8 Å². The molecule has 36 heavy (non-hydrogen) atoms. The number of rotatable bonds is 5. The van der Waals surface area contributed by atoms with E-state index in [2.05, 4.69) is 43.6 Å². The topological polar surface area (TPSA) is 137 Å². The molecule has 0 radical (unpaired) electrons. The van der Waals surface area contributed by atoms with Crippen LogP contribution in [0.15, 0.2) is 12.2 Å². The van der Waals surface area contributed by atoms with Crippen LogP contribution in [-0.4, -0.2) is 85.3 Å². The normalized spacial score (nSPS) is 53.7. The van der Waals surface area contributed by atoms with E-state index in [0.717, 1.165) is 0 Å². The highest BCUT2D eigenvalue weighted by molar-refractivity contribution is 6.97. The van der Waals surface area contributed by atoms with Crippen LogP contribution in [-0.2, 0) is 58.9 Å². The maximum atomic E-state index is 15.7. The third-order valence-corrected chi connectivity index (χ3v) is 29.4. The Morgan fingerprint density at radius 2 is 0.889 bits per heavy atom. The third-order valence-electron chi connectivity index (χ3n) is 4.24. The smallest absolute Gasteiger partial charge is 0.462 e. The van der Waals surface area contributed by atoms with Crippen molar-refractivity contribution >= 4 is 78.7 Å². The van der Waals surface area contributed by atoms with Crippen molar-refractivity contribution in [1.82, 2.24) is 0 Å². The van der Waals surface area contributed by atoms with Gasteiger partial charge < -0.3 is 54.1 Å². The van der Waals surface area contributed by atoms with Crippen molar-refractivity contribution in [2.45, 2.75) is 19.4 Å². The van der Waals surface area contributed by atoms with E-state index in [1.165, 1.54) is 6.92 Å². The van der Waals surface area contributed by atoms with E-state index in [1.54, 1.807) is 0 Å². The lowest BCUT2D eigenvalue weighted by atomic mass is 10.4. The predicted octanol–water partition coefficient (Wildman–Crippen LogP) is 0.538. The molecular formula is C7H11F7O14Si8. The van der Waals surface area contributed by atoms with Gasteiger partial charge in [0, 0.05) is 11.6 Å². The molecule has 6 rings (SSSR count). The highest BCUT2D eigenvalue weighted by Gasteiger charge is 2.90. The van der Waals surface area contributed by atoms with Gasteiger partial charge in [0.1, 0.15) is 0 Å². The lowest BCUT2D eigenvalue weighted by Gasteiger charge is -2.51. The van der Waals surface area contributed by atoms with E-state index in [9.17, 15) is 4.79 Å². The first-order valence-electron chi connectivity index (χ1n) is 9.38. The fourth-order valence-electron chi connectivity index (χ4n) is 3.10. The van der Waals surface area contributed by atoms with Gasteiger partial charge in [-0.15, -0.1) is 0 Å². The first kappa shape index (κ1) is 27.5. The summed E-state index contributed by atoms with van der Waals surface area (Å²) in [6, 6.07) is -0.925. The average molecular weight is 677 g/mol. The van der Waals surface area contributed by atoms with Gasteiger partial charge in [-0.3, -0.25) is 0 Å². The summed E-state index contributed by atoms with van der Waals surface area (Å²) in [5.41, 5.74) is -0.0273. The first-order valence-corrected chi connectivity index (χ1v) is 22.5. The summed E-state index contributed by atoms with van der Waals surface area (Å²) in [4.78, 5) is 11.5. The Labute approximate surface area is 204 Å². The molecular weight excluding hydrogens is 666 g/mol. The highest BCUT2D eigenvalue weighted by Crippen LogP contribution is 2.50. The van der Waals surface area contributed by atoms with Crippen molar-refractivity contribution in [3.63, 3.8) is 0 Å². The summed E-state index contributed by atoms with van der Waals surface area (Å²) >= 11 is 0. The Hall–Kier alpha value is -0.0249. The quantitative estimate of drug-likeness (QED) is 0.100. The van der Waals surface area contributed by atoms with Gasteiger partial charge in [0.05, 0.1) is 6.61 Å². The molecule has 6 aliphatic heterocycles. The monoisotopic (exact) mass is 676 g/mol. The van der Waals surface area contributed by atoms with Gasteiger partial charge in [-0.1, -0.05) is 6.58 Å². The predicted molar refractivity (Wildman–Crippen MR) is 102 cm³/mol. The fraction of sp³-hybridized carbons (Fsp3) is 0.571. The van der Waals surface area contributed by atoms with Crippen molar-refractivity contribution in [2.75, 3.05) is 6.61 Å². The van der Waals surface area contributed by atoms with Gasteiger partial charge in [-0.25, -0.2) is 33.5 Å². The molecule has 0 aromatic heterocycles. The van der Waals surface area contributed by atoms with Crippen LogP contribution in [0.4, 0.5) is 28.8 Å². The third kappa shape index (κ3) is 5.24. The molecule has 0 amide bonds. The Kier molecular flexibility index (Phi) is 6.31. The van der Waals surface area contributed by atoms with Crippen LogP contribution in [0, 0.1) is 0 Å². The fourth-order valence-corrected chi connectivity index (χ4v) is 32.8. The molecule has 0 atom stereocenters. The Balaban J connectivity index is 1.59. The summed E-state index contributed by atoms with van der Waals surface area (Å²) in [7, 11) is -51.3. The average Bonchev–Trinajstić information content (AvgIpc) is 2.56. The van der Waals surface area contributed by atoms with Crippen LogP contribution in [0.2, 0.25) is 6.04 Å². The molecule has 14 nitrogen and oxygen atoms in total. The zero-order valence-electron chi connectivity index (χ0n) is 17.2. The molecule has 29 heteroatoms. The maximum Gasteiger partial charge on any atom is 0.703 e. The molecule has 0 unspecified atom stereocenters. The minimum atomic E-state index is -6.62. The largest absolute Gasteiger partial charge is 0.703 e. The van der Waals surface area contributed by atoms with E-state index in [-0.39, 0.29) is 5.57 Å². The summed E-state index contributed by atoms with van der Waals surface area (Å²) in [5, 5.41) is 0. The molecule has 6 heterocycles. The van der Waals surface area contributed by atoms with Crippen molar-refractivity contribution in [3.05, 3.63) is 12.2 Å². The highest BCUT2D eigenvalue weighted by atomic mass is 28.7.